The predicted octanol–water partition coefficient (Wildman–Crippen LogP) is 3.39. The Kier molecular flexibility index (Phi) is 4.40. The molecule has 1 atom stereocenters. The van der Waals surface area contributed by atoms with E-state index in [2.05, 4.69) is 9.88 Å². The van der Waals surface area contributed by atoms with Gasteiger partial charge < -0.3 is 10.6 Å². The minimum atomic E-state index is -0.0390. The zero-order valence-electron chi connectivity index (χ0n) is 11.2. The van der Waals surface area contributed by atoms with Gasteiger partial charge in [0.05, 0.1) is 17.6 Å². The molecule has 0 fully saturated rings. The lowest BCUT2D eigenvalue weighted by molar-refractivity contribution is 0.779. The Morgan fingerprint density at radius 1 is 1.26 bits per heavy atom. The summed E-state index contributed by atoms with van der Waals surface area (Å²) in [4.78, 5) is 6.47. The van der Waals surface area contributed by atoms with Crippen molar-refractivity contribution >= 4 is 17.3 Å². The molecular formula is C15H18ClN3. The Hall–Kier alpha value is -1.58. The van der Waals surface area contributed by atoms with E-state index in [1.807, 2.05) is 56.6 Å². The van der Waals surface area contributed by atoms with Gasteiger partial charge in [-0.1, -0.05) is 29.8 Å². The van der Waals surface area contributed by atoms with E-state index in [1.165, 1.54) is 0 Å². The van der Waals surface area contributed by atoms with Crippen LogP contribution < -0.4 is 10.6 Å². The summed E-state index contributed by atoms with van der Waals surface area (Å²) in [6.45, 7) is 2.67. The van der Waals surface area contributed by atoms with E-state index in [-0.39, 0.29) is 6.04 Å². The van der Waals surface area contributed by atoms with Gasteiger partial charge in [-0.25, -0.2) is 0 Å². The highest BCUT2D eigenvalue weighted by atomic mass is 35.5. The van der Waals surface area contributed by atoms with Crippen LogP contribution in [0.5, 0.6) is 0 Å². The SMILES string of the molecule is C[C@H](N)c1ccc(N(C)Cc2ccccc2Cl)cn1. The number of hydrogen-bond acceptors (Lipinski definition) is 3. The summed E-state index contributed by atoms with van der Waals surface area (Å²) in [7, 11) is 2.02. The molecule has 0 aliphatic rings. The smallest absolute Gasteiger partial charge is 0.0569 e. The Balaban J connectivity index is 2.12. The lowest BCUT2D eigenvalue weighted by Crippen LogP contribution is -2.17. The minimum absolute atomic E-state index is 0.0390. The van der Waals surface area contributed by atoms with E-state index in [4.69, 9.17) is 17.3 Å². The zero-order chi connectivity index (χ0) is 13.8. The number of pyridine rings is 1. The maximum atomic E-state index is 6.16. The van der Waals surface area contributed by atoms with E-state index in [0.717, 1.165) is 28.5 Å². The highest BCUT2D eigenvalue weighted by Gasteiger charge is 2.06. The first kappa shape index (κ1) is 13.8. The van der Waals surface area contributed by atoms with Crippen molar-refractivity contribution in [2.75, 3.05) is 11.9 Å². The van der Waals surface area contributed by atoms with Crippen molar-refractivity contribution in [3.8, 4) is 0 Å². The van der Waals surface area contributed by atoms with Gasteiger partial charge in [0, 0.05) is 24.7 Å². The standard InChI is InChI=1S/C15H18ClN3/c1-11(17)15-8-7-13(9-18-15)19(2)10-12-5-3-4-6-14(12)16/h3-9,11H,10,17H2,1-2H3/t11-/m0/s1. The summed E-state index contributed by atoms with van der Waals surface area (Å²) in [6, 6.07) is 11.8. The van der Waals surface area contributed by atoms with Gasteiger partial charge in [-0.3, -0.25) is 4.98 Å². The van der Waals surface area contributed by atoms with Crippen molar-refractivity contribution in [3.63, 3.8) is 0 Å². The lowest BCUT2D eigenvalue weighted by atomic mass is 10.2. The first-order valence-corrected chi connectivity index (χ1v) is 6.62. The Labute approximate surface area is 119 Å². The average molecular weight is 276 g/mol. The average Bonchev–Trinajstić information content (AvgIpc) is 2.41. The van der Waals surface area contributed by atoms with Gasteiger partial charge in [0.2, 0.25) is 0 Å². The van der Waals surface area contributed by atoms with Crippen molar-refractivity contribution in [1.82, 2.24) is 4.98 Å². The Morgan fingerprint density at radius 2 is 2.00 bits per heavy atom. The lowest BCUT2D eigenvalue weighted by Gasteiger charge is -2.20. The molecule has 0 unspecified atom stereocenters. The molecule has 0 aliphatic carbocycles. The van der Waals surface area contributed by atoms with Crippen molar-refractivity contribution in [2.24, 2.45) is 5.73 Å². The number of halogens is 1. The van der Waals surface area contributed by atoms with Gasteiger partial charge in [0.25, 0.3) is 0 Å². The molecule has 1 aromatic heterocycles. The van der Waals surface area contributed by atoms with E-state index < -0.39 is 0 Å². The van der Waals surface area contributed by atoms with Crippen LogP contribution in [0, 0.1) is 0 Å². The van der Waals surface area contributed by atoms with Gasteiger partial charge in [0.15, 0.2) is 0 Å². The van der Waals surface area contributed by atoms with Gasteiger partial charge in [-0.15, -0.1) is 0 Å². The molecule has 0 radical (unpaired) electrons. The number of anilines is 1. The molecule has 0 saturated carbocycles. The van der Waals surface area contributed by atoms with Crippen LogP contribution in [0.25, 0.3) is 0 Å². The fourth-order valence-corrected chi connectivity index (χ4v) is 2.06. The highest BCUT2D eigenvalue weighted by molar-refractivity contribution is 6.31. The first-order valence-electron chi connectivity index (χ1n) is 6.24. The van der Waals surface area contributed by atoms with E-state index in [1.54, 1.807) is 0 Å². The summed E-state index contributed by atoms with van der Waals surface area (Å²) in [5, 5.41) is 0.787. The molecule has 2 N–H and O–H groups in total. The summed E-state index contributed by atoms with van der Waals surface area (Å²) >= 11 is 6.16. The van der Waals surface area contributed by atoms with Crippen LogP contribution in [0.15, 0.2) is 42.6 Å². The molecule has 2 rings (SSSR count). The number of nitrogens with two attached hydrogens (primary N) is 1. The van der Waals surface area contributed by atoms with Crippen molar-refractivity contribution in [1.29, 1.82) is 0 Å². The largest absolute Gasteiger partial charge is 0.369 e. The highest BCUT2D eigenvalue weighted by Crippen LogP contribution is 2.20. The Bertz CT molecular complexity index is 537. The minimum Gasteiger partial charge on any atom is -0.369 e. The topological polar surface area (TPSA) is 42.1 Å². The zero-order valence-corrected chi connectivity index (χ0v) is 11.9. The van der Waals surface area contributed by atoms with Crippen LogP contribution in [0.1, 0.15) is 24.2 Å². The molecule has 0 spiro atoms. The second kappa shape index (κ2) is 6.04. The van der Waals surface area contributed by atoms with Gasteiger partial charge in [-0.05, 0) is 30.7 Å². The van der Waals surface area contributed by atoms with E-state index in [0.29, 0.717) is 0 Å². The molecule has 3 nitrogen and oxygen atoms in total. The predicted molar refractivity (Wildman–Crippen MR) is 80.4 cm³/mol. The van der Waals surface area contributed by atoms with E-state index in [9.17, 15) is 0 Å². The van der Waals surface area contributed by atoms with Crippen molar-refractivity contribution in [3.05, 3.63) is 58.9 Å². The second-order valence-corrected chi connectivity index (χ2v) is 5.08. The third kappa shape index (κ3) is 3.46. The molecule has 100 valence electrons. The van der Waals surface area contributed by atoms with Crippen LogP contribution in [0.4, 0.5) is 5.69 Å². The van der Waals surface area contributed by atoms with Crippen LogP contribution >= 0.6 is 11.6 Å². The van der Waals surface area contributed by atoms with Crippen molar-refractivity contribution < 1.29 is 0 Å². The molecule has 4 heteroatoms. The molecule has 0 bridgehead atoms. The third-order valence-electron chi connectivity index (χ3n) is 3.04. The molecule has 1 heterocycles. The maximum Gasteiger partial charge on any atom is 0.0569 e. The number of aromatic nitrogens is 1. The van der Waals surface area contributed by atoms with Crippen molar-refractivity contribution in [2.45, 2.75) is 19.5 Å². The summed E-state index contributed by atoms with van der Waals surface area (Å²) < 4.78 is 0. The fraction of sp³-hybridized carbons (Fsp3) is 0.267. The van der Waals surface area contributed by atoms with Crippen LogP contribution in [0.3, 0.4) is 0 Å². The van der Waals surface area contributed by atoms with Gasteiger partial charge in [0.1, 0.15) is 0 Å². The first-order chi connectivity index (χ1) is 9.08. The Morgan fingerprint density at radius 3 is 2.58 bits per heavy atom. The fourth-order valence-electron chi connectivity index (χ4n) is 1.87. The van der Waals surface area contributed by atoms with Crippen LogP contribution in [0.2, 0.25) is 5.02 Å². The van der Waals surface area contributed by atoms with Crippen LogP contribution in [-0.2, 0) is 6.54 Å². The maximum absolute atomic E-state index is 6.16. The normalized spacial score (nSPS) is 12.2. The second-order valence-electron chi connectivity index (χ2n) is 4.68. The van der Waals surface area contributed by atoms with Gasteiger partial charge in [-0.2, -0.15) is 0 Å². The molecular weight excluding hydrogens is 258 g/mol. The number of nitrogens with zero attached hydrogens (tertiary/aromatic N) is 2. The molecule has 2 aromatic rings. The third-order valence-corrected chi connectivity index (χ3v) is 3.41. The quantitative estimate of drug-likeness (QED) is 0.930. The van der Waals surface area contributed by atoms with Gasteiger partial charge >= 0.3 is 0 Å². The van der Waals surface area contributed by atoms with E-state index >= 15 is 0 Å². The summed E-state index contributed by atoms with van der Waals surface area (Å²) in [6.07, 6.45) is 1.84. The molecule has 0 saturated heterocycles. The monoisotopic (exact) mass is 275 g/mol. The number of benzene rings is 1. The summed E-state index contributed by atoms with van der Waals surface area (Å²) in [5.41, 5.74) is 8.83. The van der Waals surface area contributed by atoms with Crippen LogP contribution in [-0.4, -0.2) is 12.0 Å². The molecule has 0 amide bonds. The summed E-state index contributed by atoms with van der Waals surface area (Å²) in [5.74, 6) is 0. The molecule has 19 heavy (non-hydrogen) atoms. The number of rotatable bonds is 4. The molecule has 1 aromatic carbocycles. The number of hydrogen-bond donors (Lipinski definition) is 1. The molecule has 0 aliphatic heterocycles.